The molecule has 7 aromatic heterocycles. The van der Waals surface area contributed by atoms with E-state index in [1.807, 2.05) is 46.1 Å². The molecule has 2 unspecified atom stereocenters. The van der Waals surface area contributed by atoms with E-state index in [-0.39, 0.29) is 11.6 Å². The third-order valence-electron chi connectivity index (χ3n) is 16.1. The molecule has 0 spiro atoms. The minimum absolute atomic E-state index is 0.314. The van der Waals surface area contributed by atoms with E-state index >= 15 is 8.78 Å². The molecule has 0 aliphatic heterocycles. The first-order chi connectivity index (χ1) is 37.6. The maximum atomic E-state index is 17.7. The zero-order valence-corrected chi connectivity index (χ0v) is 52.0. The smallest absolute Gasteiger partial charge is 0.134 e. The highest BCUT2D eigenvalue weighted by Crippen LogP contribution is 2.55. The van der Waals surface area contributed by atoms with Gasteiger partial charge in [0.05, 0.1) is 29.0 Å². The Balaban J connectivity index is 1.17. The van der Waals surface area contributed by atoms with E-state index in [0.29, 0.717) is 56.2 Å². The number of fused-ring (bicyclic) bond motifs is 4. The summed E-state index contributed by atoms with van der Waals surface area (Å²) in [5.74, 6) is 0.717. The molecule has 0 fully saturated rings. The standard InChI is InChI=1S/C64H74F2N4S7/c1-9-15-19-21-25-41-32-53(73-51(41)30-39(13-5)23-17-11-3)56-45-29-37(7)71-63(45)57(54-33-42(26-22-20-16-10-2)52(74-54)31-40(14-6)24-18-12-4)46-36-55(75-64(46)56)58-48(66)35-44(61-62(58)70-77-69-61)50-28-27-49(72-50)43-34-47(65)38(8)59-60(43)68-76-67-59/h27-29,32-36,39-40H,9-26,30-31H2,1-8H3. The quantitative estimate of drug-likeness (QED) is 0.0482. The SMILES string of the molecule is CCCCCCc1cc(-c2c3cc(-c4c(F)cc(-c5ccc(-c6cc(F)c(C)c7nsnc67)s5)c5nsnc45)sc3c(-c3cc(CCCCCC)c(CC(CC)CCCC)s3)c3cc(C)sc23)sc1CC(CC)CCCC. The number of thiophene rings is 5. The van der Waals surface area contributed by atoms with Crippen LogP contribution in [0, 0.1) is 37.3 Å². The molecule has 0 aliphatic rings. The summed E-state index contributed by atoms with van der Waals surface area (Å²) in [6, 6.07) is 17.1. The van der Waals surface area contributed by atoms with E-state index in [9.17, 15) is 0 Å². The first-order valence-electron chi connectivity index (χ1n) is 28.8. The molecule has 3 aromatic carbocycles. The summed E-state index contributed by atoms with van der Waals surface area (Å²) in [5.41, 5.74) is 10.6. The maximum Gasteiger partial charge on any atom is 0.134 e. The molecular formula is C64H74F2N4S7. The van der Waals surface area contributed by atoms with Gasteiger partial charge in [-0.25, -0.2) is 8.78 Å². The first-order valence-corrected chi connectivity index (χ1v) is 34.3. The van der Waals surface area contributed by atoms with Gasteiger partial charge in [-0.1, -0.05) is 131 Å². The molecule has 7 heterocycles. The Bertz CT molecular complexity index is 3490. The summed E-state index contributed by atoms with van der Waals surface area (Å²) in [6.45, 7) is 18.0. The van der Waals surface area contributed by atoms with Gasteiger partial charge in [0.2, 0.25) is 0 Å². The Morgan fingerprint density at radius 3 is 1.47 bits per heavy atom. The molecule has 0 aliphatic carbocycles. The van der Waals surface area contributed by atoms with Crippen molar-refractivity contribution < 1.29 is 8.78 Å². The molecule has 10 aromatic rings. The van der Waals surface area contributed by atoms with E-state index in [2.05, 4.69) is 81.5 Å². The predicted molar refractivity (Wildman–Crippen MR) is 339 cm³/mol. The molecule has 10 rings (SSSR count). The van der Waals surface area contributed by atoms with Crippen LogP contribution in [-0.4, -0.2) is 17.5 Å². The summed E-state index contributed by atoms with van der Waals surface area (Å²) >= 11 is 11.4. The van der Waals surface area contributed by atoms with Gasteiger partial charge in [-0.05, 0) is 124 Å². The van der Waals surface area contributed by atoms with Crippen LogP contribution < -0.4 is 0 Å². The average molecular weight is 1160 g/mol. The summed E-state index contributed by atoms with van der Waals surface area (Å²) in [6.07, 6.45) is 24.4. The molecule has 406 valence electrons. The molecule has 2 atom stereocenters. The third kappa shape index (κ3) is 11.9. The van der Waals surface area contributed by atoms with E-state index in [0.717, 1.165) is 63.8 Å². The fourth-order valence-corrected chi connectivity index (χ4v) is 19.0. The number of hydrogen-bond acceptors (Lipinski definition) is 11. The number of rotatable bonds is 27. The third-order valence-corrected chi connectivity index (χ3v) is 23.0. The molecule has 0 radical (unpaired) electrons. The van der Waals surface area contributed by atoms with Crippen molar-refractivity contribution in [3.05, 3.63) is 91.5 Å². The molecule has 0 N–H and O–H groups in total. The number of aromatic nitrogens is 4. The predicted octanol–water partition coefficient (Wildman–Crippen LogP) is 23.3. The monoisotopic (exact) mass is 1160 g/mol. The lowest BCUT2D eigenvalue weighted by Crippen LogP contribution is -2.04. The summed E-state index contributed by atoms with van der Waals surface area (Å²) in [4.78, 5) is 9.70. The maximum absolute atomic E-state index is 17.7. The summed E-state index contributed by atoms with van der Waals surface area (Å²) in [5, 5.41) is 2.53. The van der Waals surface area contributed by atoms with Crippen molar-refractivity contribution in [1.29, 1.82) is 0 Å². The van der Waals surface area contributed by atoms with Gasteiger partial charge in [0.15, 0.2) is 0 Å². The van der Waals surface area contributed by atoms with Gasteiger partial charge in [-0.15, -0.1) is 56.7 Å². The van der Waals surface area contributed by atoms with E-state index in [4.69, 9.17) is 8.75 Å². The summed E-state index contributed by atoms with van der Waals surface area (Å²) in [7, 11) is 0. The zero-order valence-electron chi connectivity index (χ0n) is 46.3. The minimum atomic E-state index is -0.314. The Morgan fingerprint density at radius 2 is 0.922 bits per heavy atom. The largest absolute Gasteiger partial charge is 0.207 e. The molecule has 0 bridgehead atoms. The number of nitrogens with zero attached hydrogens (tertiary/aromatic N) is 4. The molecule has 0 saturated heterocycles. The van der Waals surface area contributed by atoms with Crippen LogP contribution in [0.1, 0.15) is 176 Å². The lowest BCUT2D eigenvalue weighted by molar-refractivity contribution is 0.450. The van der Waals surface area contributed by atoms with Gasteiger partial charge in [-0.3, -0.25) is 0 Å². The Hall–Kier alpha value is -3.82. The van der Waals surface area contributed by atoms with Gasteiger partial charge >= 0.3 is 0 Å². The van der Waals surface area contributed by atoms with Gasteiger partial charge in [0.25, 0.3) is 0 Å². The van der Waals surface area contributed by atoms with Crippen molar-refractivity contribution in [2.45, 2.75) is 184 Å². The van der Waals surface area contributed by atoms with Crippen LogP contribution in [-0.2, 0) is 25.7 Å². The fraction of sp³-hybridized carbons (Fsp3) is 0.469. The van der Waals surface area contributed by atoms with Crippen LogP contribution in [0.2, 0.25) is 0 Å². The van der Waals surface area contributed by atoms with Crippen LogP contribution in [0.3, 0.4) is 0 Å². The number of aryl methyl sites for hydroxylation is 4. The van der Waals surface area contributed by atoms with Crippen molar-refractivity contribution in [3.63, 3.8) is 0 Å². The van der Waals surface area contributed by atoms with Crippen molar-refractivity contribution in [1.82, 2.24) is 17.5 Å². The lowest BCUT2D eigenvalue weighted by Gasteiger charge is -2.14. The second kappa shape index (κ2) is 25.7. The van der Waals surface area contributed by atoms with Gasteiger partial charge in [0, 0.05) is 87.0 Å². The zero-order chi connectivity index (χ0) is 53.7. The highest BCUT2D eigenvalue weighted by Gasteiger charge is 2.29. The normalized spacial score (nSPS) is 13.0. The summed E-state index contributed by atoms with van der Waals surface area (Å²) < 4.78 is 54.3. The molecule has 0 amide bonds. The Labute approximate surface area is 484 Å². The van der Waals surface area contributed by atoms with Crippen molar-refractivity contribution in [2.24, 2.45) is 11.8 Å². The highest BCUT2D eigenvalue weighted by molar-refractivity contribution is 7.25. The number of unbranched alkanes of at least 4 members (excludes halogenated alkanes) is 8. The fourth-order valence-electron chi connectivity index (χ4n) is 11.5. The van der Waals surface area contributed by atoms with E-state index in [1.165, 1.54) is 171 Å². The second-order valence-electron chi connectivity index (χ2n) is 21.6. The van der Waals surface area contributed by atoms with Crippen LogP contribution in [0.25, 0.3) is 94.4 Å². The topological polar surface area (TPSA) is 51.6 Å². The average Bonchev–Trinajstić information content (AvgIpc) is 4.37. The van der Waals surface area contributed by atoms with Gasteiger partial charge in [0.1, 0.15) is 33.7 Å². The number of benzene rings is 3. The van der Waals surface area contributed by atoms with Crippen LogP contribution in [0.15, 0.2) is 48.5 Å². The molecular weight excluding hydrogens is 1090 g/mol. The molecule has 0 saturated carbocycles. The van der Waals surface area contributed by atoms with Crippen LogP contribution in [0.4, 0.5) is 8.78 Å². The minimum Gasteiger partial charge on any atom is -0.207 e. The van der Waals surface area contributed by atoms with Gasteiger partial charge in [-0.2, -0.15) is 17.5 Å². The second-order valence-corrected chi connectivity index (χ2v) is 28.3. The van der Waals surface area contributed by atoms with E-state index < -0.39 is 0 Å². The molecule has 77 heavy (non-hydrogen) atoms. The first kappa shape index (κ1) is 56.5. The molecule has 13 heteroatoms. The van der Waals surface area contributed by atoms with Crippen LogP contribution in [0.5, 0.6) is 0 Å². The van der Waals surface area contributed by atoms with Crippen molar-refractivity contribution in [3.8, 4) is 52.2 Å². The van der Waals surface area contributed by atoms with Crippen molar-refractivity contribution >= 4 is 122 Å². The lowest BCUT2D eigenvalue weighted by atomic mass is 9.92. The highest BCUT2D eigenvalue weighted by atomic mass is 32.1. The number of halogens is 2. The Morgan fingerprint density at radius 1 is 0.442 bits per heavy atom. The molecule has 4 nitrogen and oxygen atoms in total. The van der Waals surface area contributed by atoms with Crippen molar-refractivity contribution in [2.75, 3.05) is 0 Å². The van der Waals surface area contributed by atoms with Crippen LogP contribution >= 0.6 is 80.1 Å². The van der Waals surface area contributed by atoms with Gasteiger partial charge < -0.3 is 0 Å². The Kier molecular flexibility index (Phi) is 18.9. The number of hydrogen-bond donors (Lipinski definition) is 0. The van der Waals surface area contributed by atoms with E-state index in [1.54, 1.807) is 40.1 Å².